The number of ether oxygens (including phenoxy) is 1. The van der Waals surface area contributed by atoms with Crippen molar-refractivity contribution in [2.45, 2.75) is 32.2 Å². The van der Waals surface area contributed by atoms with Gasteiger partial charge in [0.15, 0.2) is 0 Å². The van der Waals surface area contributed by atoms with Gasteiger partial charge in [-0.25, -0.2) is 0 Å². The Hall–Kier alpha value is -0.580. The van der Waals surface area contributed by atoms with Gasteiger partial charge in [0, 0.05) is 12.6 Å². The summed E-state index contributed by atoms with van der Waals surface area (Å²) < 4.78 is 6.95. The summed E-state index contributed by atoms with van der Waals surface area (Å²) in [5, 5.41) is 0. The van der Waals surface area contributed by atoms with Gasteiger partial charge in [0.25, 0.3) is 0 Å². The van der Waals surface area contributed by atoms with E-state index in [4.69, 9.17) is 10.5 Å². The zero-order valence-electron chi connectivity index (χ0n) is 12.2. The number of hydrogen-bond acceptors (Lipinski definition) is 3. The molecule has 0 amide bonds. The Morgan fingerprint density at radius 2 is 2.11 bits per heavy atom. The highest BCUT2D eigenvalue weighted by molar-refractivity contribution is 9.10. The van der Waals surface area contributed by atoms with E-state index < -0.39 is 0 Å². The summed E-state index contributed by atoms with van der Waals surface area (Å²) in [4.78, 5) is 2.16. The highest BCUT2D eigenvalue weighted by Gasteiger charge is 2.11. The van der Waals surface area contributed by atoms with E-state index in [0.717, 1.165) is 42.6 Å². The van der Waals surface area contributed by atoms with E-state index in [2.05, 4.69) is 47.9 Å². The van der Waals surface area contributed by atoms with Gasteiger partial charge in [-0.05, 0) is 60.9 Å². The lowest BCUT2D eigenvalue weighted by molar-refractivity contribution is 0.277. The SMILES string of the molecule is CCC(N)Cc1cccc(Br)c1OCCCN(C)C. The molecule has 0 aliphatic carbocycles. The van der Waals surface area contributed by atoms with Crippen LogP contribution in [0.4, 0.5) is 0 Å². The fourth-order valence-electron chi connectivity index (χ4n) is 1.86. The van der Waals surface area contributed by atoms with Crippen molar-refractivity contribution in [3.8, 4) is 5.75 Å². The maximum Gasteiger partial charge on any atom is 0.136 e. The lowest BCUT2D eigenvalue weighted by Gasteiger charge is -2.16. The summed E-state index contributed by atoms with van der Waals surface area (Å²) >= 11 is 3.56. The lowest BCUT2D eigenvalue weighted by atomic mass is 10.0. The smallest absolute Gasteiger partial charge is 0.136 e. The van der Waals surface area contributed by atoms with Gasteiger partial charge in [0.05, 0.1) is 11.1 Å². The van der Waals surface area contributed by atoms with Gasteiger partial charge in [-0.15, -0.1) is 0 Å². The van der Waals surface area contributed by atoms with Crippen LogP contribution in [0.1, 0.15) is 25.3 Å². The largest absolute Gasteiger partial charge is 0.492 e. The third kappa shape index (κ3) is 5.93. The van der Waals surface area contributed by atoms with Gasteiger partial charge in [-0.1, -0.05) is 19.1 Å². The Kier molecular flexibility index (Phi) is 7.42. The maximum atomic E-state index is 6.04. The molecule has 0 aliphatic heterocycles. The summed E-state index contributed by atoms with van der Waals surface area (Å²) in [5.74, 6) is 0.949. The van der Waals surface area contributed by atoms with Crippen molar-refractivity contribution < 1.29 is 4.74 Å². The van der Waals surface area contributed by atoms with Crippen LogP contribution in [0, 0.1) is 0 Å². The molecule has 0 aliphatic rings. The quantitative estimate of drug-likeness (QED) is 0.745. The Morgan fingerprint density at radius 1 is 1.37 bits per heavy atom. The van der Waals surface area contributed by atoms with Crippen LogP contribution in [-0.2, 0) is 6.42 Å². The summed E-state index contributed by atoms with van der Waals surface area (Å²) in [6.45, 7) is 3.88. The number of benzene rings is 1. The number of hydrogen-bond donors (Lipinski definition) is 1. The number of para-hydroxylation sites is 1. The predicted molar refractivity (Wildman–Crippen MR) is 84.8 cm³/mol. The Labute approximate surface area is 125 Å². The van der Waals surface area contributed by atoms with Gasteiger partial charge >= 0.3 is 0 Å². The monoisotopic (exact) mass is 328 g/mol. The van der Waals surface area contributed by atoms with E-state index in [1.807, 2.05) is 12.1 Å². The summed E-state index contributed by atoms with van der Waals surface area (Å²) in [6.07, 6.45) is 2.86. The molecular weight excluding hydrogens is 304 g/mol. The highest BCUT2D eigenvalue weighted by Crippen LogP contribution is 2.30. The average molecular weight is 329 g/mol. The molecular formula is C15H25BrN2O. The zero-order valence-corrected chi connectivity index (χ0v) is 13.7. The van der Waals surface area contributed by atoms with Crippen LogP contribution < -0.4 is 10.5 Å². The van der Waals surface area contributed by atoms with Gasteiger partial charge in [0.1, 0.15) is 5.75 Å². The average Bonchev–Trinajstić information content (AvgIpc) is 2.36. The number of rotatable bonds is 8. The Bertz CT molecular complexity index is 382. The van der Waals surface area contributed by atoms with Gasteiger partial charge < -0.3 is 15.4 Å². The molecule has 4 heteroatoms. The first-order valence-electron chi connectivity index (χ1n) is 6.85. The molecule has 1 aromatic rings. The minimum absolute atomic E-state index is 0.193. The highest BCUT2D eigenvalue weighted by atomic mass is 79.9. The van der Waals surface area contributed by atoms with Crippen LogP contribution in [-0.4, -0.2) is 38.2 Å². The third-order valence-corrected chi connectivity index (χ3v) is 3.68. The van der Waals surface area contributed by atoms with Gasteiger partial charge in [0.2, 0.25) is 0 Å². The Balaban J connectivity index is 2.64. The van der Waals surface area contributed by atoms with Gasteiger partial charge in [-0.3, -0.25) is 0 Å². The van der Waals surface area contributed by atoms with Crippen LogP contribution in [0.2, 0.25) is 0 Å². The van der Waals surface area contributed by atoms with E-state index >= 15 is 0 Å². The van der Waals surface area contributed by atoms with Crippen molar-refractivity contribution in [1.82, 2.24) is 4.90 Å². The molecule has 0 saturated carbocycles. The second-order valence-electron chi connectivity index (χ2n) is 5.11. The van der Waals surface area contributed by atoms with Crippen LogP contribution in [0.15, 0.2) is 22.7 Å². The predicted octanol–water partition coefficient (Wildman–Crippen LogP) is 3.06. The topological polar surface area (TPSA) is 38.5 Å². The van der Waals surface area contributed by atoms with Crippen LogP contribution in [0.3, 0.4) is 0 Å². The molecule has 0 fully saturated rings. The normalized spacial score (nSPS) is 12.7. The minimum atomic E-state index is 0.193. The molecule has 0 saturated heterocycles. The van der Waals surface area contributed by atoms with Gasteiger partial charge in [-0.2, -0.15) is 0 Å². The van der Waals surface area contributed by atoms with Crippen molar-refractivity contribution in [3.05, 3.63) is 28.2 Å². The van der Waals surface area contributed by atoms with E-state index in [9.17, 15) is 0 Å². The molecule has 1 aromatic carbocycles. The first-order chi connectivity index (χ1) is 9.04. The van der Waals surface area contributed by atoms with Crippen molar-refractivity contribution in [2.75, 3.05) is 27.2 Å². The zero-order chi connectivity index (χ0) is 14.3. The van der Waals surface area contributed by atoms with Crippen LogP contribution >= 0.6 is 15.9 Å². The number of halogens is 1. The molecule has 0 aromatic heterocycles. The molecule has 0 spiro atoms. The minimum Gasteiger partial charge on any atom is -0.492 e. The molecule has 0 radical (unpaired) electrons. The standard InChI is InChI=1S/C15H25BrN2O/c1-4-13(17)11-12-7-5-8-14(16)15(12)19-10-6-9-18(2)3/h5,7-8,13H,4,6,9-11,17H2,1-3H3. The molecule has 2 N–H and O–H groups in total. The maximum absolute atomic E-state index is 6.04. The van der Waals surface area contributed by atoms with Crippen molar-refractivity contribution in [1.29, 1.82) is 0 Å². The summed E-state index contributed by atoms with van der Waals surface area (Å²) in [7, 11) is 4.15. The molecule has 1 atom stereocenters. The summed E-state index contributed by atoms with van der Waals surface area (Å²) in [6, 6.07) is 6.34. The molecule has 1 unspecified atom stereocenters. The van der Waals surface area contributed by atoms with E-state index in [0.29, 0.717) is 0 Å². The molecule has 0 heterocycles. The first kappa shape index (κ1) is 16.5. The van der Waals surface area contributed by atoms with Crippen molar-refractivity contribution in [2.24, 2.45) is 5.73 Å². The van der Waals surface area contributed by atoms with Crippen LogP contribution in [0.25, 0.3) is 0 Å². The van der Waals surface area contributed by atoms with E-state index in [1.54, 1.807) is 0 Å². The lowest BCUT2D eigenvalue weighted by Crippen LogP contribution is -2.22. The molecule has 0 bridgehead atoms. The van der Waals surface area contributed by atoms with Crippen molar-refractivity contribution in [3.63, 3.8) is 0 Å². The third-order valence-electron chi connectivity index (χ3n) is 3.05. The molecule has 3 nitrogen and oxygen atoms in total. The molecule has 19 heavy (non-hydrogen) atoms. The molecule has 1 rings (SSSR count). The second kappa shape index (κ2) is 8.56. The molecule has 108 valence electrons. The Morgan fingerprint density at radius 3 is 2.74 bits per heavy atom. The summed E-state index contributed by atoms with van der Waals surface area (Å²) in [5.41, 5.74) is 7.23. The van der Waals surface area contributed by atoms with Crippen LogP contribution in [0.5, 0.6) is 5.75 Å². The van der Waals surface area contributed by atoms with E-state index in [-0.39, 0.29) is 6.04 Å². The number of nitrogens with two attached hydrogens (primary N) is 1. The number of nitrogens with zero attached hydrogens (tertiary/aromatic N) is 1. The first-order valence-corrected chi connectivity index (χ1v) is 7.64. The van der Waals surface area contributed by atoms with Crippen molar-refractivity contribution >= 4 is 15.9 Å². The fraction of sp³-hybridized carbons (Fsp3) is 0.600. The van der Waals surface area contributed by atoms with E-state index in [1.165, 1.54) is 5.56 Å². The second-order valence-corrected chi connectivity index (χ2v) is 5.96. The fourth-order valence-corrected chi connectivity index (χ4v) is 2.38.